The highest BCUT2D eigenvalue weighted by atomic mass is 19.1. The highest BCUT2D eigenvalue weighted by molar-refractivity contribution is 5.56. The van der Waals surface area contributed by atoms with Gasteiger partial charge in [0.05, 0.1) is 6.04 Å². The number of nitrogens with two attached hydrogens (primary N) is 1. The average molecular weight is 270 g/mol. The van der Waals surface area contributed by atoms with Crippen LogP contribution in [-0.2, 0) is 6.54 Å². The first kappa shape index (κ1) is 13.1. The molecular weight excluding hydrogens is 251 g/mol. The largest absolute Gasteiger partial charge is 0.364 e. The first-order chi connectivity index (χ1) is 9.79. The molecule has 3 rings (SSSR count). The van der Waals surface area contributed by atoms with Crippen LogP contribution < -0.4 is 10.6 Å². The van der Waals surface area contributed by atoms with Crippen LogP contribution in [0, 0.1) is 5.82 Å². The average Bonchev–Trinajstić information content (AvgIpc) is 2.97. The fourth-order valence-corrected chi connectivity index (χ4v) is 3.07. The second kappa shape index (κ2) is 5.63. The van der Waals surface area contributed by atoms with Gasteiger partial charge in [0.2, 0.25) is 0 Å². The maximum absolute atomic E-state index is 13.4. The van der Waals surface area contributed by atoms with Gasteiger partial charge in [-0.15, -0.1) is 0 Å². The molecule has 3 heteroatoms. The van der Waals surface area contributed by atoms with Gasteiger partial charge in [0, 0.05) is 18.8 Å². The third-order valence-corrected chi connectivity index (χ3v) is 4.01. The van der Waals surface area contributed by atoms with Crippen molar-refractivity contribution in [2.24, 2.45) is 5.73 Å². The minimum atomic E-state index is -0.218. The van der Waals surface area contributed by atoms with Gasteiger partial charge in [-0.1, -0.05) is 30.3 Å². The molecule has 1 atom stereocenters. The Kier molecular flexibility index (Phi) is 3.70. The molecule has 0 amide bonds. The minimum absolute atomic E-state index is 0.218. The van der Waals surface area contributed by atoms with Gasteiger partial charge in [-0.3, -0.25) is 0 Å². The molecule has 2 aromatic rings. The van der Waals surface area contributed by atoms with Gasteiger partial charge in [0.15, 0.2) is 0 Å². The Bertz CT molecular complexity index is 583. The summed E-state index contributed by atoms with van der Waals surface area (Å²) in [5.41, 5.74) is 9.05. The summed E-state index contributed by atoms with van der Waals surface area (Å²) in [6, 6.07) is 15.8. The zero-order valence-electron chi connectivity index (χ0n) is 11.4. The summed E-state index contributed by atoms with van der Waals surface area (Å²) in [6.45, 7) is 1.36. The Morgan fingerprint density at radius 3 is 2.70 bits per heavy atom. The first-order valence-electron chi connectivity index (χ1n) is 7.09. The summed E-state index contributed by atoms with van der Waals surface area (Å²) in [4.78, 5) is 2.36. The van der Waals surface area contributed by atoms with Crippen molar-refractivity contribution in [1.82, 2.24) is 0 Å². The third-order valence-electron chi connectivity index (χ3n) is 4.01. The number of hydrogen-bond donors (Lipinski definition) is 1. The number of halogens is 1. The summed E-state index contributed by atoms with van der Waals surface area (Å²) in [5, 5.41) is 0. The topological polar surface area (TPSA) is 29.3 Å². The van der Waals surface area contributed by atoms with Gasteiger partial charge in [-0.25, -0.2) is 4.39 Å². The van der Waals surface area contributed by atoms with Crippen LogP contribution in [-0.4, -0.2) is 6.54 Å². The Balaban J connectivity index is 1.97. The molecule has 1 saturated heterocycles. The summed E-state index contributed by atoms with van der Waals surface area (Å²) in [5.74, 6) is -0.218. The smallest absolute Gasteiger partial charge is 0.123 e. The van der Waals surface area contributed by atoms with E-state index in [2.05, 4.69) is 29.2 Å². The monoisotopic (exact) mass is 270 g/mol. The molecule has 0 spiro atoms. The van der Waals surface area contributed by atoms with Crippen molar-refractivity contribution in [2.75, 3.05) is 11.4 Å². The van der Waals surface area contributed by atoms with Crippen molar-refractivity contribution < 1.29 is 4.39 Å². The normalized spacial score (nSPS) is 18.5. The van der Waals surface area contributed by atoms with Crippen LogP contribution in [0.1, 0.15) is 30.0 Å². The van der Waals surface area contributed by atoms with Gasteiger partial charge in [-0.05, 0) is 42.2 Å². The van der Waals surface area contributed by atoms with Crippen LogP contribution in [0.25, 0.3) is 0 Å². The lowest BCUT2D eigenvalue weighted by atomic mass is 10.0. The lowest BCUT2D eigenvalue weighted by Crippen LogP contribution is -2.24. The van der Waals surface area contributed by atoms with E-state index in [9.17, 15) is 4.39 Å². The number of benzene rings is 2. The molecule has 2 aromatic carbocycles. The van der Waals surface area contributed by atoms with Crippen molar-refractivity contribution in [3.63, 3.8) is 0 Å². The van der Waals surface area contributed by atoms with Crippen LogP contribution >= 0.6 is 0 Å². The lowest BCUT2D eigenvalue weighted by molar-refractivity contribution is 0.624. The highest BCUT2D eigenvalue weighted by Gasteiger charge is 2.27. The van der Waals surface area contributed by atoms with Gasteiger partial charge in [0.25, 0.3) is 0 Å². The number of anilines is 1. The molecule has 0 radical (unpaired) electrons. The maximum Gasteiger partial charge on any atom is 0.123 e. The lowest BCUT2D eigenvalue weighted by Gasteiger charge is -2.29. The molecule has 104 valence electrons. The quantitative estimate of drug-likeness (QED) is 0.923. The van der Waals surface area contributed by atoms with Crippen molar-refractivity contribution in [1.29, 1.82) is 0 Å². The van der Waals surface area contributed by atoms with Crippen LogP contribution in [0.15, 0.2) is 48.5 Å². The van der Waals surface area contributed by atoms with E-state index >= 15 is 0 Å². The first-order valence-corrected chi connectivity index (χ1v) is 7.09. The molecule has 2 N–H and O–H groups in total. The summed E-state index contributed by atoms with van der Waals surface area (Å²) < 4.78 is 13.4. The molecule has 1 unspecified atom stereocenters. The van der Waals surface area contributed by atoms with E-state index in [4.69, 9.17) is 5.73 Å². The van der Waals surface area contributed by atoms with Crippen molar-refractivity contribution in [2.45, 2.75) is 25.4 Å². The fourth-order valence-electron chi connectivity index (χ4n) is 3.07. The van der Waals surface area contributed by atoms with E-state index in [1.165, 1.54) is 11.6 Å². The zero-order chi connectivity index (χ0) is 13.9. The molecule has 0 aromatic heterocycles. The summed E-state index contributed by atoms with van der Waals surface area (Å²) >= 11 is 0. The van der Waals surface area contributed by atoms with Gasteiger partial charge in [0.1, 0.15) is 5.82 Å². The second-order valence-electron chi connectivity index (χ2n) is 5.24. The van der Waals surface area contributed by atoms with E-state index in [0.29, 0.717) is 12.6 Å². The van der Waals surface area contributed by atoms with Gasteiger partial charge < -0.3 is 10.6 Å². The Hall–Kier alpha value is -1.87. The van der Waals surface area contributed by atoms with Crippen LogP contribution in [0.5, 0.6) is 0 Å². The maximum atomic E-state index is 13.4. The van der Waals surface area contributed by atoms with Crippen LogP contribution in [0.2, 0.25) is 0 Å². The third kappa shape index (κ3) is 2.41. The molecule has 1 heterocycles. The van der Waals surface area contributed by atoms with Gasteiger partial charge in [-0.2, -0.15) is 0 Å². The summed E-state index contributed by atoms with van der Waals surface area (Å²) in [7, 11) is 0. The second-order valence-corrected chi connectivity index (χ2v) is 5.24. The molecule has 1 fully saturated rings. The van der Waals surface area contributed by atoms with E-state index in [1.807, 2.05) is 12.1 Å². The van der Waals surface area contributed by atoms with Gasteiger partial charge >= 0.3 is 0 Å². The summed E-state index contributed by atoms with van der Waals surface area (Å²) in [6.07, 6.45) is 2.28. The Labute approximate surface area is 119 Å². The zero-order valence-corrected chi connectivity index (χ0v) is 11.4. The fraction of sp³-hybridized carbons (Fsp3) is 0.294. The molecule has 0 saturated carbocycles. The Morgan fingerprint density at radius 2 is 1.95 bits per heavy atom. The van der Waals surface area contributed by atoms with E-state index in [1.54, 1.807) is 6.07 Å². The minimum Gasteiger partial charge on any atom is -0.364 e. The Morgan fingerprint density at radius 1 is 1.15 bits per heavy atom. The number of hydrogen-bond acceptors (Lipinski definition) is 2. The van der Waals surface area contributed by atoms with Crippen molar-refractivity contribution in [3.8, 4) is 0 Å². The predicted molar refractivity (Wildman–Crippen MR) is 80.1 cm³/mol. The van der Waals surface area contributed by atoms with E-state index in [-0.39, 0.29) is 5.82 Å². The van der Waals surface area contributed by atoms with Crippen LogP contribution in [0.3, 0.4) is 0 Å². The van der Waals surface area contributed by atoms with Crippen molar-refractivity contribution in [3.05, 3.63) is 65.5 Å². The SMILES string of the molecule is NCc1cc(F)ccc1N1CCCC1c1ccccc1. The predicted octanol–water partition coefficient (Wildman–Crippen LogP) is 3.63. The molecule has 1 aliphatic rings. The van der Waals surface area contributed by atoms with Crippen LogP contribution in [0.4, 0.5) is 10.1 Å². The van der Waals surface area contributed by atoms with Crippen molar-refractivity contribution >= 4 is 5.69 Å². The molecule has 2 nitrogen and oxygen atoms in total. The van der Waals surface area contributed by atoms with E-state index in [0.717, 1.165) is 30.6 Å². The molecule has 20 heavy (non-hydrogen) atoms. The molecular formula is C17H19FN2. The number of nitrogens with zero attached hydrogens (tertiary/aromatic N) is 1. The molecule has 1 aliphatic heterocycles. The molecule has 0 aliphatic carbocycles. The molecule has 0 bridgehead atoms. The number of rotatable bonds is 3. The van der Waals surface area contributed by atoms with E-state index < -0.39 is 0 Å². The standard InChI is InChI=1S/C17H19FN2/c18-15-8-9-17(14(11-15)12-19)20-10-4-7-16(20)13-5-2-1-3-6-13/h1-3,5-6,8-9,11,16H,4,7,10,12,19H2. The highest BCUT2D eigenvalue weighted by Crippen LogP contribution is 2.37.